The molecule has 1 atom stereocenters. The quantitative estimate of drug-likeness (QED) is 0.640. The van der Waals surface area contributed by atoms with Gasteiger partial charge in [-0.25, -0.2) is 4.98 Å². The standard InChI is InChI=1S/C18H24N2O3S2/c1-5-6-9-24-12(2)17(21)20-18-19-15(11-25-18)14-10-13(22-3)7-8-16(14)23-4/h7-8,10-12H,5-6,9H2,1-4H3,(H,19,20,21). The Balaban J connectivity index is 2.08. The number of methoxy groups -OCH3 is 2. The van der Waals surface area contributed by atoms with Crippen molar-refractivity contribution in [1.82, 2.24) is 4.98 Å². The number of hydrogen-bond donors (Lipinski definition) is 1. The van der Waals surface area contributed by atoms with E-state index in [9.17, 15) is 4.79 Å². The van der Waals surface area contributed by atoms with Gasteiger partial charge in [-0.05, 0) is 37.3 Å². The maximum absolute atomic E-state index is 12.3. The fourth-order valence-electron chi connectivity index (χ4n) is 2.16. The first-order valence-electron chi connectivity index (χ1n) is 8.19. The Kier molecular flexibility index (Phi) is 7.58. The van der Waals surface area contributed by atoms with Crippen LogP contribution in [-0.4, -0.2) is 36.1 Å². The normalized spacial score (nSPS) is 11.8. The molecule has 5 nitrogen and oxygen atoms in total. The molecule has 1 amide bonds. The minimum absolute atomic E-state index is 0.0142. The number of anilines is 1. The largest absolute Gasteiger partial charge is 0.497 e. The smallest absolute Gasteiger partial charge is 0.238 e. The van der Waals surface area contributed by atoms with Gasteiger partial charge in [0.25, 0.3) is 0 Å². The lowest BCUT2D eigenvalue weighted by molar-refractivity contribution is -0.115. The number of benzene rings is 1. The number of ether oxygens (including phenoxy) is 2. The van der Waals surface area contributed by atoms with Crippen molar-refractivity contribution >= 4 is 34.1 Å². The van der Waals surface area contributed by atoms with E-state index in [2.05, 4.69) is 17.2 Å². The molecule has 2 rings (SSSR count). The van der Waals surface area contributed by atoms with Crippen LogP contribution in [0.3, 0.4) is 0 Å². The lowest BCUT2D eigenvalue weighted by atomic mass is 10.1. The van der Waals surface area contributed by atoms with E-state index >= 15 is 0 Å². The highest BCUT2D eigenvalue weighted by atomic mass is 32.2. The van der Waals surface area contributed by atoms with Gasteiger partial charge in [-0.3, -0.25) is 4.79 Å². The lowest BCUT2D eigenvalue weighted by Gasteiger charge is -2.10. The monoisotopic (exact) mass is 380 g/mol. The van der Waals surface area contributed by atoms with Gasteiger partial charge in [-0.2, -0.15) is 0 Å². The molecule has 136 valence electrons. The Bertz CT molecular complexity index is 703. The average molecular weight is 381 g/mol. The number of nitrogens with one attached hydrogen (secondary N) is 1. The Morgan fingerprint density at radius 1 is 1.36 bits per heavy atom. The second-order valence-corrected chi connectivity index (χ2v) is 7.77. The number of unbranched alkanes of at least 4 members (excludes halogenated alkanes) is 1. The first-order chi connectivity index (χ1) is 12.1. The molecule has 7 heteroatoms. The van der Waals surface area contributed by atoms with Crippen LogP contribution in [0.4, 0.5) is 5.13 Å². The Morgan fingerprint density at radius 3 is 2.84 bits per heavy atom. The first-order valence-corrected chi connectivity index (χ1v) is 10.1. The maximum Gasteiger partial charge on any atom is 0.238 e. The van der Waals surface area contributed by atoms with Gasteiger partial charge < -0.3 is 14.8 Å². The SMILES string of the molecule is CCCCSC(C)C(=O)Nc1nc(-c2cc(OC)ccc2OC)cs1. The second kappa shape index (κ2) is 9.68. The number of carbonyl (C=O) groups is 1. The molecule has 1 aromatic carbocycles. The third-order valence-electron chi connectivity index (χ3n) is 3.65. The fourth-order valence-corrected chi connectivity index (χ4v) is 3.89. The van der Waals surface area contributed by atoms with Crippen molar-refractivity contribution < 1.29 is 14.3 Å². The van der Waals surface area contributed by atoms with E-state index in [4.69, 9.17) is 9.47 Å². The molecule has 0 aliphatic carbocycles. The van der Waals surface area contributed by atoms with Crippen LogP contribution in [0.25, 0.3) is 11.3 Å². The van der Waals surface area contributed by atoms with Gasteiger partial charge in [0.15, 0.2) is 5.13 Å². The predicted octanol–water partition coefficient (Wildman–Crippen LogP) is 4.69. The summed E-state index contributed by atoms with van der Waals surface area (Å²) in [6, 6.07) is 5.56. The van der Waals surface area contributed by atoms with Crippen LogP contribution in [0.2, 0.25) is 0 Å². The number of nitrogens with zero attached hydrogens (tertiary/aromatic N) is 1. The third-order valence-corrected chi connectivity index (χ3v) is 5.65. The summed E-state index contributed by atoms with van der Waals surface area (Å²) in [5.74, 6) is 2.43. The summed E-state index contributed by atoms with van der Waals surface area (Å²) in [6.07, 6.45) is 2.26. The summed E-state index contributed by atoms with van der Waals surface area (Å²) in [5.41, 5.74) is 1.59. The Hall–Kier alpha value is -1.73. The molecule has 0 aliphatic rings. The van der Waals surface area contributed by atoms with Gasteiger partial charge >= 0.3 is 0 Å². The van der Waals surface area contributed by atoms with E-state index in [0.29, 0.717) is 10.9 Å². The van der Waals surface area contributed by atoms with E-state index in [0.717, 1.165) is 35.6 Å². The molecule has 2 aromatic rings. The molecule has 0 radical (unpaired) electrons. The zero-order valence-electron chi connectivity index (χ0n) is 15.0. The molecule has 1 heterocycles. The van der Waals surface area contributed by atoms with Crippen LogP contribution in [0.1, 0.15) is 26.7 Å². The zero-order chi connectivity index (χ0) is 18.2. The van der Waals surface area contributed by atoms with E-state index in [-0.39, 0.29) is 11.2 Å². The third kappa shape index (κ3) is 5.37. The van der Waals surface area contributed by atoms with Crippen molar-refractivity contribution in [3.8, 4) is 22.8 Å². The van der Waals surface area contributed by atoms with Gasteiger partial charge in [0.05, 0.1) is 25.2 Å². The summed E-state index contributed by atoms with van der Waals surface area (Å²) in [7, 11) is 3.24. The Morgan fingerprint density at radius 2 is 2.16 bits per heavy atom. The summed E-state index contributed by atoms with van der Waals surface area (Å²) in [4.78, 5) is 16.8. The van der Waals surface area contributed by atoms with Crippen molar-refractivity contribution in [2.75, 3.05) is 25.3 Å². The molecule has 0 aliphatic heterocycles. The van der Waals surface area contributed by atoms with Gasteiger partial charge in [0, 0.05) is 10.9 Å². The van der Waals surface area contributed by atoms with Crippen molar-refractivity contribution in [3.63, 3.8) is 0 Å². The summed E-state index contributed by atoms with van der Waals surface area (Å²) < 4.78 is 10.7. The minimum atomic E-state index is -0.0924. The van der Waals surface area contributed by atoms with Gasteiger partial charge in [0.1, 0.15) is 11.5 Å². The summed E-state index contributed by atoms with van der Waals surface area (Å²) in [6.45, 7) is 4.07. The number of aromatic nitrogens is 1. The van der Waals surface area contributed by atoms with Crippen LogP contribution >= 0.6 is 23.1 Å². The molecule has 25 heavy (non-hydrogen) atoms. The minimum Gasteiger partial charge on any atom is -0.497 e. The van der Waals surface area contributed by atoms with Gasteiger partial charge in [-0.15, -0.1) is 23.1 Å². The molecule has 0 spiro atoms. The highest BCUT2D eigenvalue weighted by molar-refractivity contribution is 8.00. The number of thiazole rings is 1. The zero-order valence-corrected chi connectivity index (χ0v) is 16.6. The van der Waals surface area contributed by atoms with E-state index in [1.807, 2.05) is 30.5 Å². The van der Waals surface area contributed by atoms with Gasteiger partial charge in [0.2, 0.25) is 5.91 Å². The highest BCUT2D eigenvalue weighted by Gasteiger charge is 2.16. The number of thioether (sulfide) groups is 1. The molecule has 1 unspecified atom stereocenters. The van der Waals surface area contributed by atoms with E-state index in [1.165, 1.54) is 11.3 Å². The van der Waals surface area contributed by atoms with Crippen molar-refractivity contribution in [2.24, 2.45) is 0 Å². The number of rotatable bonds is 9. The van der Waals surface area contributed by atoms with Crippen LogP contribution in [0.5, 0.6) is 11.5 Å². The lowest BCUT2D eigenvalue weighted by Crippen LogP contribution is -2.22. The first kappa shape index (κ1) is 19.6. The number of hydrogen-bond acceptors (Lipinski definition) is 6. The molecule has 0 fully saturated rings. The molecule has 0 bridgehead atoms. The Labute approximate surface area is 157 Å². The molecule has 1 aromatic heterocycles. The topological polar surface area (TPSA) is 60.5 Å². The van der Waals surface area contributed by atoms with E-state index in [1.54, 1.807) is 26.0 Å². The molecule has 1 N–H and O–H groups in total. The van der Waals surface area contributed by atoms with Gasteiger partial charge in [-0.1, -0.05) is 13.3 Å². The predicted molar refractivity (Wildman–Crippen MR) is 106 cm³/mol. The summed E-state index contributed by atoms with van der Waals surface area (Å²) in [5, 5.41) is 5.30. The molecule has 0 saturated heterocycles. The van der Waals surface area contributed by atoms with Crippen LogP contribution in [0.15, 0.2) is 23.6 Å². The fraction of sp³-hybridized carbons (Fsp3) is 0.444. The van der Waals surface area contributed by atoms with Crippen LogP contribution in [-0.2, 0) is 4.79 Å². The van der Waals surface area contributed by atoms with Crippen molar-refractivity contribution in [2.45, 2.75) is 31.9 Å². The van der Waals surface area contributed by atoms with Crippen LogP contribution < -0.4 is 14.8 Å². The van der Waals surface area contributed by atoms with E-state index < -0.39 is 0 Å². The van der Waals surface area contributed by atoms with Crippen LogP contribution in [0, 0.1) is 0 Å². The molecular formula is C18H24N2O3S2. The average Bonchev–Trinajstić information content (AvgIpc) is 3.09. The highest BCUT2D eigenvalue weighted by Crippen LogP contribution is 2.35. The summed E-state index contributed by atoms with van der Waals surface area (Å²) >= 11 is 3.07. The van der Waals surface area contributed by atoms with Crippen molar-refractivity contribution in [1.29, 1.82) is 0 Å². The second-order valence-electron chi connectivity index (χ2n) is 5.46. The molecular weight excluding hydrogens is 356 g/mol. The maximum atomic E-state index is 12.3. The van der Waals surface area contributed by atoms with Crippen molar-refractivity contribution in [3.05, 3.63) is 23.6 Å². The number of carbonyl (C=O) groups excluding carboxylic acids is 1. The molecule has 0 saturated carbocycles. The number of amides is 1.